The van der Waals surface area contributed by atoms with Crippen molar-refractivity contribution < 1.29 is 72.8 Å². The number of amides is 11. The number of H-pyrrole nitrogens is 2. The molecule has 588 valence electrons. The Hall–Kier alpha value is -10.5. The van der Waals surface area contributed by atoms with Crippen LogP contribution in [0.2, 0.25) is 0 Å². The van der Waals surface area contributed by atoms with Crippen LogP contribution in [0.1, 0.15) is 93.5 Å². The molecule has 1 aliphatic heterocycles. The van der Waals surface area contributed by atoms with E-state index in [0.29, 0.717) is 59.9 Å². The van der Waals surface area contributed by atoms with Crippen LogP contribution in [-0.4, -0.2) is 212 Å². The number of hydrogen-bond donors (Lipinski definition) is 17. The second kappa shape index (κ2) is 39.8. The molecule has 5 aromatic carbocycles. The number of urea groups is 1. The van der Waals surface area contributed by atoms with Gasteiger partial charge in [0.05, 0.1) is 18.6 Å². The summed E-state index contributed by atoms with van der Waals surface area (Å²) in [6.45, 7) is 11.1. The van der Waals surface area contributed by atoms with Crippen molar-refractivity contribution in [3.8, 4) is 5.75 Å². The van der Waals surface area contributed by atoms with Crippen LogP contribution in [-0.2, 0) is 73.6 Å². The summed E-state index contributed by atoms with van der Waals surface area (Å²) in [5.41, 5.74) is 11.6. The molecule has 0 saturated carbocycles. The van der Waals surface area contributed by atoms with Gasteiger partial charge in [-0.15, -0.1) is 6.58 Å². The van der Waals surface area contributed by atoms with Gasteiger partial charge >= 0.3 is 18.1 Å². The molecule has 0 spiro atoms. The molecule has 2 aromatic heterocycles. The first-order valence-electron chi connectivity index (χ1n) is 37.1. The van der Waals surface area contributed by atoms with Gasteiger partial charge in [0.1, 0.15) is 48.0 Å². The third kappa shape index (κ3) is 21.7. The molecule has 0 bridgehead atoms. The van der Waals surface area contributed by atoms with Crippen molar-refractivity contribution in [3.05, 3.63) is 162 Å². The lowest BCUT2D eigenvalue weighted by Gasteiger charge is -2.47. The van der Waals surface area contributed by atoms with Crippen molar-refractivity contribution in [1.29, 1.82) is 0 Å². The number of aliphatic carboxylic acids is 1. The van der Waals surface area contributed by atoms with Gasteiger partial charge in [0.25, 0.3) is 0 Å². The maximum Gasteiger partial charge on any atom is 0.407 e. The number of fused-ring (bicyclic) bond motifs is 4. The molecule has 9 rings (SSSR count). The van der Waals surface area contributed by atoms with Crippen molar-refractivity contribution >= 4 is 123 Å². The number of nitrogens with two attached hydrogens (primary N) is 1. The summed E-state index contributed by atoms with van der Waals surface area (Å²) in [4.78, 5) is 166. The average molecular weight is 1550 g/mol. The number of imide groups is 1. The van der Waals surface area contributed by atoms with E-state index in [4.69, 9.17) is 10.5 Å². The van der Waals surface area contributed by atoms with E-state index in [1.54, 1.807) is 51.2 Å². The molecule has 29 nitrogen and oxygen atoms in total. The van der Waals surface area contributed by atoms with E-state index in [1.807, 2.05) is 66.9 Å². The van der Waals surface area contributed by atoms with Gasteiger partial charge < -0.3 is 83.6 Å². The quantitative estimate of drug-likeness (QED) is 0.0146. The summed E-state index contributed by atoms with van der Waals surface area (Å²) >= 11 is 8.67. The number of aromatic hydroxyl groups is 1. The molecule has 31 heteroatoms. The number of ether oxygens (including phenoxy) is 1. The molecule has 11 amide bonds. The molecule has 3 heterocycles. The molecule has 110 heavy (non-hydrogen) atoms. The van der Waals surface area contributed by atoms with Gasteiger partial charge in [-0.2, -0.15) is 25.3 Å². The number of carboxylic acids is 1. The SMILES string of the molecule is C=CCN1C[C@H](C(=O)N(CCCOC(=O)N[C@@H](Cc2ccc3ccccc3c2)C(=O)N[C@@H](CS)C(=O)N[C@@H](Cc2ccc(O)cc2)C(=O)N[C@H](Cc2c[nH]c3ccccc23)C(=O)N[C@@H](CCCCN)C(=O)N[C@H](C(=O)N[C@@H](CS)C(=O)N[C@H](C(=O)O)[C@@H](C)O)C(C)C)C(=O)NCC)CC2c3cccc4[nH]cc(c34)CC21. The Balaban J connectivity index is 0.913. The minimum absolute atomic E-state index is 0.00218. The number of carboxylic acid groups (broad SMARTS) is 1. The number of carbonyl (C=O) groups is 11. The zero-order valence-corrected chi connectivity index (χ0v) is 63.8. The number of nitrogens with one attached hydrogen (secondary N) is 11. The predicted molar refractivity (Wildman–Crippen MR) is 422 cm³/mol. The fourth-order valence-corrected chi connectivity index (χ4v) is 14.8. The number of aliphatic hydroxyl groups excluding tert-OH is 1. The number of hydrogen-bond acceptors (Lipinski definition) is 18. The van der Waals surface area contributed by atoms with Gasteiger partial charge in [-0.1, -0.05) is 105 Å². The van der Waals surface area contributed by atoms with Crippen LogP contribution in [0.25, 0.3) is 32.6 Å². The number of aromatic amines is 2. The van der Waals surface area contributed by atoms with Gasteiger partial charge in [-0.25, -0.2) is 14.4 Å². The van der Waals surface area contributed by atoms with Crippen LogP contribution < -0.4 is 53.6 Å². The van der Waals surface area contributed by atoms with Crippen molar-refractivity contribution in [3.63, 3.8) is 0 Å². The van der Waals surface area contributed by atoms with Crippen LogP contribution in [0, 0.1) is 11.8 Å². The van der Waals surface area contributed by atoms with Crippen LogP contribution in [0.3, 0.4) is 0 Å². The summed E-state index contributed by atoms with van der Waals surface area (Å²) in [7, 11) is 0. The second-order valence-corrected chi connectivity index (χ2v) is 28.9. The minimum atomic E-state index is -1.72. The lowest BCUT2D eigenvalue weighted by atomic mass is 9.72. The van der Waals surface area contributed by atoms with Gasteiger partial charge in [-0.05, 0) is 128 Å². The minimum Gasteiger partial charge on any atom is -0.508 e. The summed E-state index contributed by atoms with van der Waals surface area (Å²) in [6.07, 6.45) is 4.45. The lowest BCUT2D eigenvalue weighted by molar-refractivity contribution is -0.145. The normalized spacial score (nSPS) is 17.1. The maximum atomic E-state index is 15.2. The largest absolute Gasteiger partial charge is 0.508 e. The summed E-state index contributed by atoms with van der Waals surface area (Å²) in [5, 5.41) is 57.3. The lowest BCUT2D eigenvalue weighted by Crippen LogP contribution is -2.61. The number of aliphatic hydroxyl groups is 1. The molecule has 1 fully saturated rings. The number of unbranched alkanes of at least 4 members (excludes halogenated alkanes) is 1. The Bertz CT molecular complexity index is 4440. The highest BCUT2D eigenvalue weighted by molar-refractivity contribution is 7.80. The molecular weight excluding hydrogens is 1450 g/mol. The molecule has 1 aliphatic carbocycles. The first-order valence-corrected chi connectivity index (χ1v) is 38.3. The molecule has 12 atom stereocenters. The molecule has 2 aliphatic rings. The third-order valence-electron chi connectivity index (χ3n) is 20.0. The number of nitrogens with zero attached hydrogens (tertiary/aromatic N) is 2. The highest BCUT2D eigenvalue weighted by atomic mass is 32.1. The van der Waals surface area contributed by atoms with Gasteiger partial charge in [0.2, 0.25) is 47.3 Å². The van der Waals surface area contributed by atoms with Crippen molar-refractivity contribution in [2.45, 2.75) is 152 Å². The van der Waals surface area contributed by atoms with Gasteiger partial charge in [-0.3, -0.25) is 48.2 Å². The number of alkyl carbamates (subject to hydrolysis) is 1. The molecule has 16 N–H and O–H groups in total. The fourth-order valence-electron chi connectivity index (χ4n) is 14.3. The fraction of sp³-hybridized carbons (Fsp3) is 0.430. The van der Waals surface area contributed by atoms with E-state index < -0.39 is 126 Å². The number of thiol groups is 2. The van der Waals surface area contributed by atoms with Crippen LogP contribution >= 0.6 is 25.3 Å². The van der Waals surface area contributed by atoms with E-state index in [1.165, 1.54) is 34.7 Å². The average Bonchev–Trinajstić information content (AvgIpc) is 1.48. The number of phenolic OH excluding ortho intramolecular Hbond substituents is 1. The van der Waals surface area contributed by atoms with Crippen molar-refractivity contribution in [1.82, 2.24) is 67.6 Å². The Morgan fingerprint density at radius 1 is 0.655 bits per heavy atom. The van der Waals surface area contributed by atoms with Crippen molar-refractivity contribution in [2.75, 3.05) is 50.8 Å². The molecular formula is C79H100N14O15S2. The Morgan fingerprint density at radius 3 is 1.90 bits per heavy atom. The van der Waals surface area contributed by atoms with E-state index in [2.05, 4.69) is 101 Å². The van der Waals surface area contributed by atoms with Gasteiger partial charge in [0.15, 0.2) is 6.04 Å². The smallest absolute Gasteiger partial charge is 0.407 e. The number of para-hydroxylation sites is 1. The third-order valence-corrected chi connectivity index (χ3v) is 20.7. The number of benzene rings is 5. The Kier molecular flexibility index (Phi) is 30.2. The Morgan fingerprint density at radius 2 is 1.24 bits per heavy atom. The van der Waals surface area contributed by atoms with Gasteiger partial charge in [0, 0.05) is 103 Å². The van der Waals surface area contributed by atoms with Crippen LogP contribution in [0.5, 0.6) is 5.75 Å². The second-order valence-electron chi connectivity index (χ2n) is 28.2. The predicted octanol–water partition coefficient (Wildman–Crippen LogP) is 4.30. The molecule has 2 unspecified atom stereocenters. The van der Waals surface area contributed by atoms with E-state index >= 15 is 9.59 Å². The number of phenols is 1. The Labute approximate surface area is 648 Å². The topological polar surface area (TPSA) is 430 Å². The standard InChI is InChI=1S/C79H100N14O15S2/c1-6-30-92-41-52(36-56-55-19-14-22-58-66(55)51(40-83-58)38-65(56)92)76(103)93(78(106)81-7-2)31-15-32-108-79(107)89-61(35-47-23-26-48-16-8-9-17-49(48)33-47)71(98)87-63(42-109)73(100)85-60(34-46-24-27-53(95)28-25-46)70(97)86-62(37-50-39-82-57-20-11-10-18-54(50)57)72(99)84-59(21-12-13-29-80)69(96)90-67(44(3)4)75(102)88-64(43-110)74(101)91-68(45(5)94)77(104)105/h6,8-11,14,16-20,22-28,33,39-40,44-45,52,56,59-65,67-68,82-83,94-95,109-110H,1,7,12-13,15,21,29-32,34-38,41-43,80H2,2-5H3,(H,81,106)(H,84,99)(H,85,100)(H,86,97)(H,87,98)(H,88,102)(H,89,107)(H,90,96)(H,91,101)(H,104,105)/t45-,52-,56?,59+,60+,61+,62-,63+,64+,65?,67+,68+/m1/s1. The van der Waals surface area contributed by atoms with Crippen LogP contribution in [0.4, 0.5) is 9.59 Å². The highest BCUT2D eigenvalue weighted by Crippen LogP contribution is 2.45. The molecule has 1 saturated heterocycles. The van der Waals surface area contributed by atoms with Crippen molar-refractivity contribution in [2.24, 2.45) is 17.6 Å². The zero-order chi connectivity index (χ0) is 79.3. The number of likely N-dealkylation sites (tertiary alicyclic amines) is 1. The monoisotopic (exact) mass is 1550 g/mol. The van der Waals surface area contributed by atoms with E-state index in [0.717, 1.165) is 40.6 Å². The number of piperidine rings is 1. The maximum absolute atomic E-state index is 15.2. The summed E-state index contributed by atoms with van der Waals surface area (Å²) < 4.78 is 5.70. The van der Waals surface area contributed by atoms with E-state index in [-0.39, 0.29) is 93.5 Å². The summed E-state index contributed by atoms with van der Waals surface area (Å²) in [5.74, 6) is -10.1. The molecule has 7 aromatic rings. The number of aromatic nitrogens is 2. The first kappa shape index (κ1) is 83.6. The number of rotatable bonds is 38. The highest BCUT2D eigenvalue weighted by Gasteiger charge is 2.45. The number of carbonyl (C=O) groups excluding carboxylic acids is 10. The summed E-state index contributed by atoms with van der Waals surface area (Å²) in [6, 6.07) is 19.9. The van der Waals surface area contributed by atoms with E-state index in [9.17, 15) is 58.5 Å². The zero-order valence-electron chi connectivity index (χ0n) is 62.0. The first-order chi connectivity index (χ1) is 52.8. The van der Waals surface area contributed by atoms with Crippen LogP contribution in [0.15, 0.2) is 134 Å². The molecule has 0 radical (unpaired) electrons.